The van der Waals surface area contributed by atoms with Crippen LogP contribution in [-0.4, -0.2) is 28.0 Å². The number of phenols is 1. The van der Waals surface area contributed by atoms with Crippen LogP contribution >= 0.6 is 0 Å². The summed E-state index contributed by atoms with van der Waals surface area (Å²) in [4.78, 5) is 0. The number of hydrogen-bond donors (Lipinski definition) is 3. The lowest BCUT2D eigenvalue weighted by atomic mass is 9.61. The molecule has 0 radical (unpaired) electrons. The van der Waals surface area contributed by atoms with E-state index in [2.05, 4.69) is 32.1 Å². The van der Waals surface area contributed by atoms with Crippen molar-refractivity contribution in [2.45, 2.75) is 52.1 Å². The number of phenolic OH excluding ortho intramolecular Hbond substituents is 1. The number of benzene rings is 1. The SMILES string of the molecule is C[C@@H](CO)c1cc(O)c2c(c1)C=C[C@@H]1C(C2)C(O)CCC1(C)C. The van der Waals surface area contributed by atoms with E-state index in [4.69, 9.17) is 0 Å². The van der Waals surface area contributed by atoms with Crippen molar-refractivity contribution in [1.29, 1.82) is 0 Å². The van der Waals surface area contributed by atoms with Crippen LogP contribution in [0, 0.1) is 17.3 Å². The summed E-state index contributed by atoms with van der Waals surface area (Å²) < 4.78 is 0. The molecule has 0 saturated heterocycles. The zero-order valence-electron chi connectivity index (χ0n) is 14.3. The van der Waals surface area contributed by atoms with Crippen molar-refractivity contribution >= 4 is 6.08 Å². The first-order valence-electron chi connectivity index (χ1n) is 8.66. The third-order valence-corrected chi connectivity index (χ3v) is 5.99. The van der Waals surface area contributed by atoms with Gasteiger partial charge < -0.3 is 15.3 Å². The highest BCUT2D eigenvalue weighted by Crippen LogP contribution is 2.48. The van der Waals surface area contributed by atoms with Crippen LogP contribution < -0.4 is 0 Å². The Hall–Kier alpha value is -1.32. The highest BCUT2D eigenvalue weighted by molar-refractivity contribution is 5.61. The molecule has 2 unspecified atom stereocenters. The molecule has 3 rings (SSSR count). The van der Waals surface area contributed by atoms with Crippen molar-refractivity contribution in [2.24, 2.45) is 17.3 Å². The average Bonchev–Trinajstić information content (AvgIpc) is 2.71. The number of aliphatic hydroxyl groups is 2. The van der Waals surface area contributed by atoms with Gasteiger partial charge in [0.1, 0.15) is 5.75 Å². The minimum absolute atomic E-state index is 0.00663. The Morgan fingerprint density at radius 2 is 2.04 bits per heavy atom. The van der Waals surface area contributed by atoms with E-state index in [1.54, 1.807) is 6.07 Å². The average molecular weight is 316 g/mol. The van der Waals surface area contributed by atoms with Gasteiger partial charge in [0.05, 0.1) is 6.10 Å². The summed E-state index contributed by atoms with van der Waals surface area (Å²) in [6.07, 6.45) is 6.59. The van der Waals surface area contributed by atoms with Crippen molar-refractivity contribution in [2.75, 3.05) is 6.61 Å². The van der Waals surface area contributed by atoms with Gasteiger partial charge in [0.2, 0.25) is 0 Å². The summed E-state index contributed by atoms with van der Waals surface area (Å²) in [7, 11) is 0. The molecule has 0 amide bonds. The third-order valence-electron chi connectivity index (χ3n) is 5.99. The third kappa shape index (κ3) is 2.92. The van der Waals surface area contributed by atoms with Crippen LogP contribution in [-0.2, 0) is 6.42 Å². The molecule has 1 aromatic carbocycles. The van der Waals surface area contributed by atoms with Crippen LogP contribution in [0.1, 0.15) is 56.2 Å². The Morgan fingerprint density at radius 3 is 2.74 bits per heavy atom. The minimum Gasteiger partial charge on any atom is -0.508 e. The van der Waals surface area contributed by atoms with E-state index in [0.29, 0.717) is 18.1 Å². The van der Waals surface area contributed by atoms with Gasteiger partial charge in [-0.2, -0.15) is 0 Å². The maximum atomic E-state index is 10.5. The Kier molecular flexibility index (Phi) is 4.28. The van der Waals surface area contributed by atoms with Gasteiger partial charge in [-0.25, -0.2) is 0 Å². The van der Waals surface area contributed by atoms with Crippen LogP contribution in [0.5, 0.6) is 5.75 Å². The topological polar surface area (TPSA) is 60.7 Å². The molecule has 0 aromatic heterocycles. The van der Waals surface area contributed by atoms with E-state index < -0.39 is 0 Å². The lowest BCUT2D eigenvalue weighted by Gasteiger charge is -2.45. The molecule has 1 aromatic rings. The smallest absolute Gasteiger partial charge is 0.119 e. The molecular formula is C20H28O3. The van der Waals surface area contributed by atoms with Crippen molar-refractivity contribution in [1.82, 2.24) is 0 Å². The molecule has 3 heteroatoms. The van der Waals surface area contributed by atoms with Crippen LogP contribution in [0.2, 0.25) is 0 Å². The highest BCUT2D eigenvalue weighted by atomic mass is 16.3. The first-order chi connectivity index (χ1) is 10.8. The van der Waals surface area contributed by atoms with E-state index >= 15 is 0 Å². The second-order valence-electron chi connectivity index (χ2n) is 8.04. The summed E-state index contributed by atoms with van der Waals surface area (Å²) in [5.41, 5.74) is 3.08. The lowest BCUT2D eigenvalue weighted by molar-refractivity contribution is -0.0123. The molecule has 0 aliphatic heterocycles. The van der Waals surface area contributed by atoms with E-state index in [1.165, 1.54) is 0 Å². The molecule has 1 fully saturated rings. The van der Waals surface area contributed by atoms with Gasteiger partial charge in [-0.1, -0.05) is 39.0 Å². The maximum Gasteiger partial charge on any atom is 0.119 e. The molecule has 4 atom stereocenters. The number of aromatic hydroxyl groups is 1. The van der Waals surface area contributed by atoms with Gasteiger partial charge >= 0.3 is 0 Å². The molecule has 0 bridgehead atoms. The van der Waals surface area contributed by atoms with Crippen LogP contribution in [0.25, 0.3) is 6.08 Å². The number of hydrogen-bond acceptors (Lipinski definition) is 3. The summed E-state index contributed by atoms with van der Waals surface area (Å²) in [6.45, 7) is 6.57. The van der Waals surface area contributed by atoms with Gasteiger partial charge in [0.15, 0.2) is 0 Å². The monoisotopic (exact) mass is 316 g/mol. The molecular weight excluding hydrogens is 288 g/mol. The lowest BCUT2D eigenvalue weighted by Crippen LogP contribution is -2.42. The molecule has 126 valence electrons. The largest absolute Gasteiger partial charge is 0.508 e. The van der Waals surface area contributed by atoms with E-state index in [0.717, 1.165) is 29.5 Å². The Morgan fingerprint density at radius 1 is 1.30 bits per heavy atom. The van der Waals surface area contributed by atoms with Gasteiger partial charge in [-0.3, -0.25) is 0 Å². The van der Waals surface area contributed by atoms with Crippen LogP contribution in [0.15, 0.2) is 18.2 Å². The zero-order chi connectivity index (χ0) is 16.8. The Bertz CT molecular complexity index is 618. The number of fused-ring (bicyclic) bond motifs is 2. The van der Waals surface area contributed by atoms with Crippen LogP contribution in [0.4, 0.5) is 0 Å². The number of aliphatic hydroxyl groups excluding tert-OH is 2. The van der Waals surface area contributed by atoms with Gasteiger partial charge in [0.25, 0.3) is 0 Å². The molecule has 0 heterocycles. The standard InChI is InChI=1S/C20H28O3/c1-12(11-21)14-8-13-4-5-17-16(10-15(13)19(23)9-14)18(22)6-7-20(17,2)3/h4-5,8-9,12,16-18,21-23H,6-7,10-11H2,1-3H3/t12-,16?,17+,18?/m0/s1. The first-order valence-corrected chi connectivity index (χ1v) is 8.66. The highest BCUT2D eigenvalue weighted by Gasteiger charge is 2.43. The van der Waals surface area contributed by atoms with Gasteiger partial charge in [0, 0.05) is 18.1 Å². The van der Waals surface area contributed by atoms with Crippen molar-refractivity contribution in [3.63, 3.8) is 0 Å². The fraction of sp³-hybridized carbons (Fsp3) is 0.600. The predicted octanol–water partition coefficient (Wildman–Crippen LogP) is 3.47. The normalized spacial score (nSPS) is 30.2. The van der Waals surface area contributed by atoms with Crippen molar-refractivity contribution < 1.29 is 15.3 Å². The summed E-state index contributed by atoms with van der Waals surface area (Å²) >= 11 is 0. The fourth-order valence-electron chi connectivity index (χ4n) is 4.29. The minimum atomic E-state index is -0.306. The molecule has 1 saturated carbocycles. The Balaban J connectivity index is 2.04. The fourth-order valence-corrected chi connectivity index (χ4v) is 4.29. The molecule has 2 aliphatic rings. The summed E-state index contributed by atoms with van der Waals surface area (Å²) in [5, 5.41) is 30.4. The molecule has 23 heavy (non-hydrogen) atoms. The predicted molar refractivity (Wildman–Crippen MR) is 92.3 cm³/mol. The molecule has 2 aliphatic carbocycles. The number of rotatable bonds is 2. The summed E-state index contributed by atoms with van der Waals surface area (Å²) in [6, 6.07) is 3.84. The summed E-state index contributed by atoms with van der Waals surface area (Å²) in [5.74, 6) is 0.769. The quantitative estimate of drug-likeness (QED) is 0.783. The second-order valence-corrected chi connectivity index (χ2v) is 8.04. The Labute approximate surface area is 138 Å². The molecule has 3 nitrogen and oxygen atoms in total. The number of allylic oxidation sites excluding steroid dienone is 1. The van der Waals surface area contributed by atoms with E-state index in [1.807, 2.05) is 6.92 Å². The van der Waals surface area contributed by atoms with Gasteiger partial charge in [-0.05, 0) is 53.7 Å². The van der Waals surface area contributed by atoms with E-state index in [-0.39, 0.29) is 30.0 Å². The van der Waals surface area contributed by atoms with E-state index in [9.17, 15) is 15.3 Å². The maximum absolute atomic E-state index is 10.5. The first kappa shape index (κ1) is 16.5. The van der Waals surface area contributed by atoms with Gasteiger partial charge in [-0.15, -0.1) is 0 Å². The van der Waals surface area contributed by atoms with Crippen molar-refractivity contribution in [3.8, 4) is 5.75 Å². The second kappa shape index (κ2) is 5.95. The van der Waals surface area contributed by atoms with Crippen LogP contribution in [0.3, 0.4) is 0 Å². The molecule has 0 spiro atoms. The molecule has 3 N–H and O–H groups in total. The zero-order valence-corrected chi connectivity index (χ0v) is 14.3. The van der Waals surface area contributed by atoms with Crippen molar-refractivity contribution in [3.05, 3.63) is 34.9 Å².